The van der Waals surface area contributed by atoms with Gasteiger partial charge in [0, 0.05) is 43.8 Å². The zero-order valence-corrected chi connectivity index (χ0v) is 13.7. The first kappa shape index (κ1) is 16.1. The first-order valence-electron chi connectivity index (χ1n) is 7.47. The lowest BCUT2D eigenvalue weighted by Crippen LogP contribution is -2.36. The van der Waals surface area contributed by atoms with Crippen molar-refractivity contribution in [3.05, 3.63) is 29.8 Å². The first-order valence-corrected chi connectivity index (χ1v) is 8.24. The molecule has 0 bridgehead atoms. The third-order valence-corrected chi connectivity index (χ3v) is 4.22. The maximum absolute atomic E-state index is 14.3. The number of halogens is 1. The number of rotatable bonds is 6. The van der Waals surface area contributed by atoms with E-state index in [4.69, 9.17) is 9.47 Å². The van der Waals surface area contributed by atoms with Crippen LogP contribution in [0.3, 0.4) is 0 Å². The fourth-order valence-electron chi connectivity index (χ4n) is 2.37. The molecule has 1 aromatic carbocycles. The quantitative estimate of drug-likeness (QED) is 0.873. The van der Waals surface area contributed by atoms with Crippen molar-refractivity contribution in [2.75, 3.05) is 50.2 Å². The Morgan fingerprint density at radius 3 is 2.96 bits per heavy atom. The Morgan fingerprint density at radius 1 is 1.39 bits per heavy atom. The summed E-state index contributed by atoms with van der Waals surface area (Å²) < 4.78 is 28.9. The molecule has 1 N–H and O–H groups in total. The van der Waals surface area contributed by atoms with Crippen LogP contribution in [0.25, 0.3) is 0 Å². The monoisotopic (exact) mass is 338 g/mol. The fourth-order valence-corrected chi connectivity index (χ4v) is 3.00. The third-order valence-electron chi connectivity index (χ3n) is 3.55. The van der Waals surface area contributed by atoms with Gasteiger partial charge in [0.1, 0.15) is 11.6 Å². The summed E-state index contributed by atoms with van der Waals surface area (Å²) in [5.74, 6) is 0.478. The van der Waals surface area contributed by atoms with Crippen LogP contribution >= 0.6 is 11.5 Å². The van der Waals surface area contributed by atoms with Crippen molar-refractivity contribution < 1.29 is 13.9 Å². The standard InChI is InChI=1S/C15H19FN4O2S/c1-21-7-4-14-18-15(23-19-14)17-11-2-3-13(12(16)10-11)20-5-8-22-9-6-20/h2-3,10H,4-9H2,1H3,(H,17,18,19). The van der Waals surface area contributed by atoms with Gasteiger partial charge in [-0.15, -0.1) is 0 Å². The van der Waals surface area contributed by atoms with Crippen molar-refractivity contribution in [1.82, 2.24) is 9.36 Å². The number of anilines is 3. The van der Waals surface area contributed by atoms with Gasteiger partial charge < -0.3 is 19.7 Å². The molecule has 2 heterocycles. The van der Waals surface area contributed by atoms with Crippen LogP contribution in [0.2, 0.25) is 0 Å². The average Bonchev–Trinajstić information content (AvgIpc) is 3.01. The number of benzene rings is 1. The van der Waals surface area contributed by atoms with Crippen molar-refractivity contribution in [2.24, 2.45) is 0 Å². The van der Waals surface area contributed by atoms with Crippen LogP contribution in [-0.2, 0) is 15.9 Å². The Kier molecular flexibility index (Phi) is 5.37. The highest BCUT2D eigenvalue weighted by Crippen LogP contribution is 2.26. The largest absolute Gasteiger partial charge is 0.384 e. The molecule has 3 rings (SSSR count). The molecule has 1 aliphatic heterocycles. The zero-order chi connectivity index (χ0) is 16.1. The van der Waals surface area contributed by atoms with Gasteiger partial charge in [-0.3, -0.25) is 0 Å². The van der Waals surface area contributed by atoms with Gasteiger partial charge in [0.05, 0.1) is 25.5 Å². The zero-order valence-electron chi connectivity index (χ0n) is 12.9. The summed E-state index contributed by atoms with van der Waals surface area (Å²) in [7, 11) is 1.64. The molecule has 0 atom stereocenters. The Morgan fingerprint density at radius 2 is 2.22 bits per heavy atom. The molecule has 0 spiro atoms. The number of methoxy groups -OCH3 is 1. The van der Waals surface area contributed by atoms with E-state index in [0.29, 0.717) is 55.8 Å². The second-order valence-electron chi connectivity index (χ2n) is 5.15. The second-order valence-corrected chi connectivity index (χ2v) is 5.90. The molecule has 6 nitrogen and oxygen atoms in total. The number of hydrogen-bond acceptors (Lipinski definition) is 7. The number of nitrogens with one attached hydrogen (secondary N) is 1. The Balaban J connectivity index is 1.66. The van der Waals surface area contributed by atoms with Crippen molar-refractivity contribution >= 4 is 28.0 Å². The lowest BCUT2D eigenvalue weighted by molar-refractivity contribution is 0.122. The summed E-state index contributed by atoms with van der Waals surface area (Å²) >= 11 is 1.26. The average molecular weight is 338 g/mol. The summed E-state index contributed by atoms with van der Waals surface area (Å²) in [6.07, 6.45) is 0.666. The van der Waals surface area contributed by atoms with Crippen molar-refractivity contribution in [3.8, 4) is 0 Å². The summed E-state index contributed by atoms with van der Waals surface area (Å²) in [6, 6.07) is 5.13. The van der Waals surface area contributed by atoms with E-state index in [9.17, 15) is 4.39 Å². The molecular formula is C15H19FN4O2S. The van der Waals surface area contributed by atoms with Crippen LogP contribution in [0.4, 0.5) is 20.9 Å². The van der Waals surface area contributed by atoms with E-state index in [0.717, 1.165) is 5.82 Å². The summed E-state index contributed by atoms with van der Waals surface area (Å²) in [5, 5.41) is 3.74. The van der Waals surface area contributed by atoms with Gasteiger partial charge in [-0.25, -0.2) is 9.37 Å². The highest BCUT2D eigenvalue weighted by molar-refractivity contribution is 7.09. The maximum atomic E-state index is 14.3. The van der Waals surface area contributed by atoms with E-state index in [1.54, 1.807) is 13.2 Å². The van der Waals surface area contributed by atoms with E-state index >= 15 is 0 Å². The van der Waals surface area contributed by atoms with Crippen LogP contribution in [0.1, 0.15) is 5.82 Å². The van der Waals surface area contributed by atoms with Gasteiger partial charge in [0.15, 0.2) is 0 Å². The number of hydrogen-bond donors (Lipinski definition) is 1. The van der Waals surface area contributed by atoms with Crippen molar-refractivity contribution in [1.29, 1.82) is 0 Å². The van der Waals surface area contributed by atoms with Crippen LogP contribution < -0.4 is 10.2 Å². The normalized spacial score (nSPS) is 15.0. The van der Waals surface area contributed by atoms with Gasteiger partial charge in [0.25, 0.3) is 0 Å². The molecule has 0 radical (unpaired) electrons. The molecule has 1 aliphatic rings. The third kappa shape index (κ3) is 4.15. The molecule has 0 unspecified atom stereocenters. The summed E-state index contributed by atoms with van der Waals surface area (Å²) in [4.78, 5) is 6.35. The van der Waals surface area contributed by atoms with E-state index in [-0.39, 0.29) is 5.82 Å². The molecule has 1 fully saturated rings. The summed E-state index contributed by atoms with van der Waals surface area (Å²) in [5.41, 5.74) is 1.27. The SMILES string of the molecule is COCCc1nsc(Nc2ccc(N3CCOCC3)c(F)c2)n1. The molecule has 1 saturated heterocycles. The van der Waals surface area contributed by atoms with Gasteiger partial charge >= 0.3 is 0 Å². The van der Waals surface area contributed by atoms with E-state index in [1.165, 1.54) is 17.6 Å². The molecule has 1 aromatic heterocycles. The molecular weight excluding hydrogens is 319 g/mol. The van der Waals surface area contributed by atoms with Gasteiger partial charge in [-0.05, 0) is 18.2 Å². The van der Waals surface area contributed by atoms with Crippen LogP contribution in [0.5, 0.6) is 0 Å². The predicted octanol–water partition coefficient (Wildman–Crippen LogP) is 2.45. The van der Waals surface area contributed by atoms with Gasteiger partial charge in [0.2, 0.25) is 5.13 Å². The lowest BCUT2D eigenvalue weighted by Gasteiger charge is -2.29. The molecule has 23 heavy (non-hydrogen) atoms. The molecule has 124 valence electrons. The van der Waals surface area contributed by atoms with Crippen LogP contribution in [-0.4, -0.2) is 49.4 Å². The van der Waals surface area contributed by atoms with E-state index in [2.05, 4.69) is 14.7 Å². The maximum Gasteiger partial charge on any atom is 0.207 e. The van der Waals surface area contributed by atoms with Gasteiger partial charge in [-0.1, -0.05) is 0 Å². The second kappa shape index (κ2) is 7.67. The van der Waals surface area contributed by atoms with Crippen molar-refractivity contribution in [2.45, 2.75) is 6.42 Å². The lowest BCUT2D eigenvalue weighted by atomic mass is 10.2. The molecule has 8 heteroatoms. The number of morpholine rings is 1. The van der Waals surface area contributed by atoms with Gasteiger partial charge in [-0.2, -0.15) is 4.37 Å². The Bertz CT molecular complexity index is 646. The van der Waals surface area contributed by atoms with Crippen molar-refractivity contribution in [3.63, 3.8) is 0 Å². The molecule has 2 aromatic rings. The van der Waals surface area contributed by atoms with E-state index < -0.39 is 0 Å². The minimum atomic E-state index is -0.249. The highest BCUT2D eigenvalue weighted by atomic mass is 32.1. The summed E-state index contributed by atoms with van der Waals surface area (Å²) in [6.45, 7) is 3.27. The predicted molar refractivity (Wildman–Crippen MR) is 88.2 cm³/mol. The number of ether oxygens (including phenoxy) is 2. The highest BCUT2D eigenvalue weighted by Gasteiger charge is 2.15. The van der Waals surface area contributed by atoms with Crippen LogP contribution in [0, 0.1) is 5.82 Å². The van der Waals surface area contributed by atoms with Crippen LogP contribution in [0.15, 0.2) is 18.2 Å². The Hall–Kier alpha value is -1.77. The minimum Gasteiger partial charge on any atom is -0.384 e. The molecule has 0 aliphatic carbocycles. The smallest absolute Gasteiger partial charge is 0.207 e. The Labute approximate surface area is 138 Å². The number of aromatic nitrogens is 2. The first-order chi connectivity index (χ1) is 11.3. The fraction of sp³-hybridized carbons (Fsp3) is 0.467. The number of nitrogens with zero attached hydrogens (tertiary/aromatic N) is 3. The molecule has 0 saturated carbocycles. The molecule has 0 amide bonds. The topological polar surface area (TPSA) is 59.5 Å². The minimum absolute atomic E-state index is 0.249. The van der Waals surface area contributed by atoms with E-state index in [1.807, 2.05) is 11.0 Å².